The number of rotatable bonds is 11. The van der Waals surface area contributed by atoms with E-state index in [-0.39, 0.29) is 7.43 Å². The molecule has 10 heteroatoms. The van der Waals surface area contributed by atoms with Crippen LogP contribution in [0.4, 0.5) is 9.59 Å². The van der Waals surface area contributed by atoms with E-state index in [1.807, 2.05) is 135 Å². The molecule has 3 aromatic carbocycles. The van der Waals surface area contributed by atoms with Crippen LogP contribution < -0.4 is 10.6 Å². The largest absolute Gasteiger partial charge is 0.412 e. The van der Waals surface area contributed by atoms with Crippen LogP contribution in [0.3, 0.4) is 0 Å². The number of allylic oxidation sites excluding steroid dienone is 3. The number of ether oxygens (including phenoxy) is 2. The summed E-state index contributed by atoms with van der Waals surface area (Å²) < 4.78 is 10.1. The number of isocyanates is 1. The minimum atomic E-state index is -0.750. The second kappa shape index (κ2) is 21.2. The third kappa shape index (κ3) is 15.3. The van der Waals surface area contributed by atoms with Crippen LogP contribution in [0.5, 0.6) is 0 Å². The van der Waals surface area contributed by atoms with Gasteiger partial charge in [0.25, 0.3) is 0 Å². The molecule has 0 aliphatic rings. The Labute approximate surface area is 310 Å². The Balaban J connectivity index is 0.00000114. The fraction of sp³-hybridized carbons (Fsp3) is 0.357. The van der Waals surface area contributed by atoms with Crippen LogP contribution in [0.1, 0.15) is 103 Å². The predicted octanol–water partition coefficient (Wildman–Crippen LogP) is 9.19. The molecule has 0 saturated heterocycles. The van der Waals surface area contributed by atoms with Gasteiger partial charge in [0.1, 0.15) is 6.79 Å². The van der Waals surface area contributed by atoms with Crippen LogP contribution in [0.15, 0.2) is 97.5 Å². The highest BCUT2D eigenvalue weighted by atomic mass is 16.7. The molecule has 52 heavy (non-hydrogen) atoms. The fourth-order valence-corrected chi connectivity index (χ4v) is 4.55. The summed E-state index contributed by atoms with van der Waals surface area (Å²) in [6.45, 7) is 27.6. The monoisotopic (exact) mass is 715 g/mol. The van der Waals surface area contributed by atoms with E-state index in [0.29, 0.717) is 0 Å². The molecule has 0 radical (unpaired) electrons. The molecule has 10 nitrogen and oxygen atoms in total. The van der Waals surface area contributed by atoms with Crippen molar-refractivity contribution in [2.75, 3.05) is 13.6 Å². The number of carbonyl (C=O) groups excluding carboxylic acids is 3. The van der Waals surface area contributed by atoms with Crippen molar-refractivity contribution < 1.29 is 34.1 Å². The first-order chi connectivity index (χ1) is 23.7. The summed E-state index contributed by atoms with van der Waals surface area (Å²) >= 11 is 0. The van der Waals surface area contributed by atoms with Crippen molar-refractivity contribution in [3.8, 4) is 0 Å². The molecule has 0 atom stereocenters. The van der Waals surface area contributed by atoms with Gasteiger partial charge >= 0.3 is 12.2 Å². The minimum Gasteiger partial charge on any atom is -0.412 e. The Morgan fingerprint density at radius 1 is 0.673 bits per heavy atom. The first-order valence-corrected chi connectivity index (χ1v) is 16.2. The molecule has 0 aliphatic heterocycles. The van der Waals surface area contributed by atoms with E-state index in [0.717, 1.165) is 50.1 Å². The lowest BCUT2D eigenvalue weighted by Gasteiger charge is -2.28. The van der Waals surface area contributed by atoms with E-state index < -0.39 is 42.4 Å². The number of nitrogens with one attached hydrogen (secondary N) is 2. The van der Waals surface area contributed by atoms with Crippen molar-refractivity contribution in [3.63, 3.8) is 0 Å². The number of aliphatic hydroxyl groups is 2. The van der Waals surface area contributed by atoms with Crippen LogP contribution in [-0.4, -0.2) is 42.1 Å². The molecule has 4 N–H and O–H groups in total. The molecular weight excluding hydrogens is 658 g/mol. The van der Waals surface area contributed by atoms with Crippen molar-refractivity contribution in [2.24, 2.45) is 4.99 Å². The quantitative estimate of drug-likeness (QED) is 0.0879. The molecule has 0 aliphatic carbocycles. The van der Waals surface area contributed by atoms with Gasteiger partial charge in [0, 0.05) is 0 Å². The molecule has 0 bridgehead atoms. The second-order valence-corrected chi connectivity index (χ2v) is 13.5. The SMILES string of the molecule is C.C=C(C)c1cccc(C(C)(C)N=C=O)c1.C=C(C)c1cccc(C(C)(C)NC(=O)OCOC(=O)NC(C)(C)c2cccc(C(=C)C)c2)c1.OCO. The Hall–Kier alpha value is -5.28. The average molecular weight is 716 g/mol. The Bertz CT molecular complexity index is 1650. The lowest BCUT2D eigenvalue weighted by Crippen LogP contribution is -2.43. The number of aliphatic imine (C=N–C) groups is 1. The van der Waals surface area contributed by atoms with Gasteiger partial charge in [-0.3, -0.25) is 0 Å². The molecular formula is C42H57N3O7. The molecule has 3 aromatic rings. The van der Waals surface area contributed by atoms with Crippen molar-refractivity contribution in [3.05, 3.63) is 126 Å². The van der Waals surface area contributed by atoms with E-state index in [2.05, 4.69) is 35.4 Å². The number of hydrogen-bond acceptors (Lipinski definition) is 8. The van der Waals surface area contributed by atoms with Crippen LogP contribution >= 0.6 is 0 Å². The second-order valence-electron chi connectivity index (χ2n) is 13.5. The molecule has 0 saturated carbocycles. The number of carbonyl (C=O) groups is 2. The van der Waals surface area contributed by atoms with Gasteiger partial charge in [-0.25, -0.2) is 14.4 Å². The van der Waals surface area contributed by atoms with Crippen molar-refractivity contribution >= 4 is 35.0 Å². The summed E-state index contributed by atoms with van der Waals surface area (Å²) in [7, 11) is 0. The normalized spacial score (nSPS) is 10.6. The van der Waals surface area contributed by atoms with E-state index in [1.165, 1.54) is 0 Å². The standard InChI is InChI=1S/C27H34N2O4.C13H15NO.CH4O2.CH4/c1-18(2)20-11-9-13-22(15-20)26(5,6)28-24(30)32-17-33-25(31)29-27(7,8)23-14-10-12-21(16-23)19(3)4;1-10(2)11-6-5-7-12(8-11)13(3,4)14-9-15;2-1-3;/h9-16H,1,3,17H2,2,4-8H3,(H,28,30)(H,29,31);5-8H,1H2,2-4H3;2-3H,1H2;1H4. The van der Waals surface area contributed by atoms with Gasteiger partial charge in [-0.05, 0) is 114 Å². The third-order valence-electron chi connectivity index (χ3n) is 7.75. The maximum absolute atomic E-state index is 12.3. The van der Waals surface area contributed by atoms with Gasteiger partial charge in [0.15, 0.2) is 0 Å². The highest BCUT2D eigenvalue weighted by molar-refractivity contribution is 5.71. The van der Waals surface area contributed by atoms with Crippen molar-refractivity contribution in [2.45, 2.75) is 86.4 Å². The first kappa shape index (κ1) is 46.7. The van der Waals surface area contributed by atoms with Crippen LogP contribution in [0.2, 0.25) is 0 Å². The van der Waals surface area contributed by atoms with E-state index in [4.69, 9.17) is 19.7 Å². The lowest BCUT2D eigenvalue weighted by molar-refractivity contribution is 0.0184. The minimum absolute atomic E-state index is 0. The molecule has 0 spiro atoms. The van der Waals surface area contributed by atoms with Crippen LogP contribution in [0, 0.1) is 0 Å². The number of aliphatic hydroxyl groups excluding tert-OH is 1. The van der Waals surface area contributed by atoms with Gasteiger partial charge in [-0.15, -0.1) is 0 Å². The van der Waals surface area contributed by atoms with E-state index in [1.54, 1.807) is 6.08 Å². The lowest BCUT2D eigenvalue weighted by atomic mass is 9.92. The molecule has 0 fully saturated rings. The molecule has 0 unspecified atom stereocenters. The number of hydrogen-bond donors (Lipinski definition) is 4. The maximum atomic E-state index is 12.3. The van der Waals surface area contributed by atoms with Crippen molar-refractivity contribution in [1.29, 1.82) is 0 Å². The Kier molecular flexibility index (Phi) is 19.0. The highest BCUT2D eigenvalue weighted by Gasteiger charge is 2.26. The first-order valence-electron chi connectivity index (χ1n) is 16.2. The molecule has 2 amide bonds. The number of amides is 2. The molecule has 0 heterocycles. The summed E-state index contributed by atoms with van der Waals surface area (Å²) in [4.78, 5) is 38.6. The van der Waals surface area contributed by atoms with Gasteiger partial charge in [0.05, 0.1) is 16.6 Å². The highest BCUT2D eigenvalue weighted by Crippen LogP contribution is 2.27. The van der Waals surface area contributed by atoms with Gasteiger partial charge in [-0.2, -0.15) is 4.99 Å². The molecule has 0 aromatic heterocycles. The number of nitrogens with zero attached hydrogens (tertiary/aromatic N) is 1. The summed E-state index contributed by atoms with van der Waals surface area (Å²) in [6, 6.07) is 23.4. The average Bonchev–Trinajstić information content (AvgIpc) is 3.05. The fourth-order valence-electron chi connectivity index (χ4n) is 4.55. The molecule has 282 valence electrons. The predicted molar refractivity (Wildman–Crippen MR) is 211 cm³/mol. The van der Waals surface area contributed by atoms with Gasteiger partial charge in [-0.1, -0.05) is 98.5 Å². The number of benzene rings is 3. The Morgan fingerprint density at radius 3 is 1.29 bits per heavy atom. The smallest absolute Gasteiger partial charge is 0.410 e. The van der Waals surface area contributed by atoms with E-state index in [9.17, 15) is 14.4 Å². The van der Waals surface area contributed by atoms with Gasteiger partial charge < -0.3 is 30.3 Å². The Morgan fingerprint density at radius 2 is 0.981 bits per heavy atom. The summed E-state index contributed by atoms with van der Waals surface area (Å²) in [5, 5.41) is 19.8. The maximum Gasteiger partial charge on any atom is 0.410 e. The summed E-state index contributed by atoms with van der Waals surface area (Å²) in [6.07, 6.45) is 0.222. The zero-order valence-corrected chi connectivity index (χ0v) is 31.3. The third-order valence-corrected chi connectivity index (χ3v) is 7.75. The van der Waals surface area contributed by atoms with Crippen LogP contribution in [-0.2, 0) is 30.9 Å². The number of alkyl carbamates (subject to hydrolysis) is 2. The molecule has 3 rings (SSSR count). The summed E-state index contributed by atoms with van der Waals surface area (Å²) in [5.74, 6) is 0. The van der Waals surface area contributed by atoms with E-state index >= 15 is 0 Å². The zero-order chi connectivity index (χ0) is 39.0. The topological polar surface area (TPSA) is 147 Å². The van der Waals surface area contributed by atoms with Crippen LogP contribution in [0.25, 0.3) is 16.7 Å². The van der Waals surface area contributed by atoms with Gasteiger partial charge in [0.2, 0.25) is 12.9 Å². The van der Waals surface area contributed by atoms with Crippen molar-refractivity contribution in [1.82, 2.24) is 10.6 Å². The summed E-state index contributed by atoms with van der Waals surface area (Å²) in [5.41, 5.74) is 6.81. The zero-order valence-electron chi connectivity index (χ0n) is 31.3.